The van der Waals surface area contributed by atoms with Crippen molar-refractivity contribution < 1.29 is 23.9 Å². The first-order valence-corrected chi connectivity index (χ1v) is 17.0. The number of ether oxygens (including phenoxy) is 1. The number of aryl methyl sites for hydroxylation is 1. The fraction of sp³-hybridized carbons (Fsp3) is 0.556. The molecule has 5 rings (SSSR count). The largest absolute Gasteiger partial charge is 0.445 e. The Kier molecular flexibility index (Phi) is 11.7. The number of nitrogens with zero attached hydrogens (tertiary/aromatic N) is 2. The molecule has 0 unspecified atom stereocenters. The molecule has 10 heteroatoms. The minimum Gasteiger partial charge on any atom is -0.445 e. The summed E-state index contributed by atoms with van der Waals surface area (Å²) in [6.45, 7) is 6.10. The summed E-state index contributed by atoms with van der Waals surface area (Å²) in [5.74, 6) is -0.816. The summed E-state index contributed by atoms with van der Waals surface area (Å²) < 4.78 is 5.31. The van der Waals surface area contributed by atoms with E-state index in [1.807, 2.05) is 56.3 Å². The number of benzene rings is 2. The number of carbonyl (C=O) groups is 4. The maximum Gasteiger partial charge on any atom is 0.407 e. The molecule has 46 heavy (non-hydrogen) atoms. The first-order chi connectivity index (χ1) is 22.3. The molecule has 2 aliphatic heterocycles. The van der Waals surface area contributed by atoms with Gasteiger partial charge in [-0.15, -0.1) is 0 Å². The highest BCUT2D eigenvalue weighted by atomic mass is 16.5. The standard InChI is InChI=1S/C36H49N5O5/c1-3-25(2)33(42)39-31(19-10-20-37-36(45)46-24-26-12-5-4-6-13-26)35(44)41-22-28-16-11-21-40(28)23-32(41)34(43)38-30-18-9-15-27-14-7-8-17-29(27)30/h4-8,12-14,17,25,28,30-32H,3,9-11,15-16,18-24H2,1-2H3,(H,37,45)(H,38,43)(H,39,42)/t25-,28-,30-,31+,32+/m1/s1. The van der Waals surface area contributed by atoms with Crippen LogP contribution in [0, 0.1) is 5.92 Å². The molecule has 10 nitrogen and oxygen atoms in total. The van der Waals surface area contributed by atoms with E-state index in [-0.39, 0.29) is 48.9 Å². The molecule has 0 radical (unpaired) electrons. The van der Waals surface area contributed by atoms with Crippen molar-refractivity contribution in [3.8, 4) is 0 Å². The molecule has 1 aliphatic carbocycles. The fourth-order valence-corrected chi connectivity index (χ4v) is 6.88. The predicted octanol–water partition coefficient (Wildman–Crippen LogP) is 4.09. The molecule has 3 aliphatic rings. The quantitative estimate of drug-likeness (QED) is 0.304. The molecule has 0 bridgehead atoms. The summed E-state index contributed by atoms with van der Waals surface area (Å²) in [6, 6.07) is 16.4. The van der Waals surface area contributed by atoms with Crippen LogP contribution in [0.3, 0.4) is 0 Å². The van der Waals surface area contributed by atoms with Gasteiger partial charge in [0.1, 0.15) is 18.7 Å². The van der Waals surface area contributed by atoms with Crippen LogP contribution in [0.5, 0.6) is 0 Å². The van der Waals surface area contributed by atoms with E-state index in [1.165, 1.54) is 5.56 Å². The van der Waals surface area contributed by atoms with Crippen molar-refractivity contribution in [3.63, 3.8) is 0 Å². The number of nitrogens with one attached hydrogen (secondary N) is 3. The molecule has 0 saturated carbocycles. The second-order valence-electron chi connectivity index (χ2n) is 13.0. The summed E-state index contributed by atoms with van der Waals surface area (Å²) in [5, 5.41) is 9.05. The summed E-state index contributed by atoms with van der Waals surface area (Å²) in [6.07, 6.45) is 5.79. The number of rotatable bonds is 12. The SMILES string of the molecule is CC[C@@H](C)C(=O)N[C@@H](CCCNC(=O)OCc1ccccc1)C(=O)N1C[C@H]2CCCN2C[C@H]1C(=O)N[C@@H]1CCCc2ccccc21. The number of hydrogen-bond acceptors (Lipinski definition) is 6. The Bertz CT molecular complexity index is 1350. The lowest BCUT2D eigenvalue weighted by molar-refractivity contribution is -0.148. The molecule has 2 heterocycles. The number of hydrogen-bond donors (Lipinski definition) is 3. The highest BCUT2D eigenvalue weighted by molar-refractivity contribution is 5.93. The number of alkyl carbamates (subject to hydrolysis) is 1. The van der Waals surface area contributed by atoms with Gasteiger partial charge in [0.15, 0.2) is 0 Å². The summed E-state index contributed by atoms with van der Waals surface area (Å²) >= 11 is 0. The van der Waals surface area contributed by atoms with Gasteiger partial charge in [-0.2, -0.15) is 0 Å². The van der Waals surface area contributed by atoms with Gasteiger partial charge in [0, 0.05) is 31.6 Å². The average Bonchev–Trinajstić information content (AvgIpc) is 3.55. The van der Waals surface area contributed by atoms with E-state index in [9.17, 15) is 19.2 Å². The van der Waals surface area contributed by atoms with Gasteiger partial charge in [0.2, 0.25) is 17.7 Å². The van der Waals surface area contributed by atoms with Crippen molar-refractivity contribution in [2.45, 2.75) is 96.0 Å². The van der Waals surface area contributed by atoms with Gasteiger partial charge in [-0.25, -0.2) is 4.79 Å². The molecule has 0 spiro atoms. The molecular formula is C36H49N5O5. The van der Waals surface area contributed by atoms with Crippen molar-refractivity contribution in [1.29, 1.82) is 0 Å². The molecule has 5 atom stereocenters. The van der Waals surface area contributed by atoms with Gasteiger partial charge in [-0.3, -0.25) is 19.3 Å². The van der Waals surface area contributed by atoms with Crippen LogP contribution in [0.2, 0.25) is 0 Å². The van der Waals surface area contributed by atoms with Crippen molar-refractivity contribution in [3.05, 3.63) is 71.3 Å². The van der Waals surface area contributed by atoms with Crippen molar-refractivity contribution in [2.24, 2.45) is 5.92 Å². The Morgan fingerprint density at radius 3 is 2.57 bits per heavy atom. The molecule has 0 aromatic heterocycles. The first-order valence-electron chi connectivity index (χ1n) is 17.0. The van der Waals surface area contributed by atoms with E-state index < -0.39 is 18.2 Å². The zero-order valence-electron chi connectivity index (χ0n) is 27.2. The van der Waals surface area contributed by atoms with Gasteiger partial charge in [0.05, 0.1) is 6.04 Å². The molecular weight excluding hydrogens is 582 g/mol. The highest BCUT2D eigenvalue weighted by Gasteiger charge is 2.44. The van der Waals surface area contributed by atoms with E-state index in [0.29, 0.717) is 32.4 Å². The minimum absolute atomic E-state index is 0.0840. The first kappa shape index (κ1) is 33.4. The Morgan fingerprint density at radius 2 is 1.76 bits per heavy atom. The molecule has 2 saturated heterocycles. The van der Waals surface area contributed by atoms with Crippen molar-refractivity contribution >= 4 is 23.8 Å². The van der Waals surface area contributed by atoms with Crippen LogP contribution in [0.15, 0.2) is 54.6 Å². The topological polar surface area (TPSA) is 120 Å². The third-order valence-corrected chi connectivity index (χ3v) is 9.79. The van der Waals surface area contributed by atoms with Crippen LogP contribution in [0.25, 0.3) is 0 Å². The Hall–Kier alpha value is -3.92. The van der Waals surface area contributed by atoms with Crippen LogP contribution in [-0.2, 0) is 32.1 Å². The Labute approximate surface area is 272 Å². The zero-order chi connectivity index (χ0) is 32.5. The highest BCUT2D eigenvalue weighted by Crippen LogP contribution is 2.31. The Balaban J connectivity index is 1.25. The van der Waals surface area contributed by atoms with Gasteiger partial charge < -0.3 is 25.6 Å². The third kappa shape index (κ3) is 8.46. The van der Waals surface area contributed by atoms with E-state index in [4.69, 9.17) is 4.74 Å². The van der Waals surface area contributed by atoms with Gasteiger partial charge >= 0.3 is 6.09 Å². The van der Waals surface area contributed by atoms with Gasteiger partial charge in [0.25, 0.3) is 0 Å². The van der Waals surface area contributed by atoms with Crippen molar-refractivity contribution in [1.82, 2.24) is 25.8 Å². The van der Waals surface area contributed by atoms with E-state index >= 15 is 0 Å². The lowest BCUT2D eigenvalue weighted by Crippen LogP contribution is -2.65. The molecule has 3 N–H and O–H groups in total. The lowest BCUT2D eigenvalue weighted by Gasteiger charge is -2.44. The van der Waals surface area contributed by atoms with E-state index in [0.717, 1.165) is 49.8 Å². The van der Waals surface area contributed by atoms with Crippen LogP contribution >= 0.6 is 0 Å². The molecule has 4 amide bonds. The summed E-state index contributed by atoms with van der Waals surface area (Å²) in [5.41, 5.74) is 3.31. The van der Waals surface area contributed by atoms with Crippen LogP contribution in [0.1, 0.15) is 81.5 Å². The Morgan fingerprint density at radius 1 is 0.978 bits per heavy atom. The van der Waals surface area contributed by atoms with Crippen LogP contribution < -0.4 is 16.0 Å². The van der Waals surface area contributed by atoms with Crippen molar-refractivity contribution in [2.75, 3.05) is 26.2 Å². The number of amides is 4. The second-order valence-corrected chi connectivity index (χ2v) is 13.0. The normalized spacial score (nSPS) is 22.1. The molecule has 2 fully saturated rings. The summed E-state index contributed by atoms with van der Waals surface area (Å²) in [7, 11) is 0. The van der Waals surface area contributed by atoms with E-state index in [1.54, 1.807) is 4.90 Å². The number of carbonyl (C=O) groups excluding carboxylic acids is 4. The smallest absolute Gasteiger partial charge is 0.407 e. The number of fused-ring (bicyclic) bond motifs is 2. The second kappa shape index (κ2) is 16.1. The predicted molar refractivity (Wildman–Crippen MR) is 176 cm³/mol. The minimum atomic E-state index is -0.803. The molecule has 248 valence electrons. The van der Waals surface area contributed by atoms with Crippen LogP contribution in [0.4, 0.5) is 4.79 Å². The lowest BCUT2D eigenvalue weighted by atomic mass is 9.87. The third-order valence-electron chi connectivity index (χ3n) is 9.79. The molecule has 2 aromatic carbocycles. The zero-order valence-corrected chi connectivity index (χ0v) is 27.2. The summed E-state index contributed by atoms with van der Waals surface area (Å²) in [4.78, 5) is 57.7. The van der Waals surface area contributed by atoms with Gasteiger partial charge in [-0.05, 0) is 74.6 Å². The van der Waals surface area contributed by atoms with Gasteiger partial charge in [-0.1, -0.05) is 68.4 Å². The van der Waals surface area contributed by atoms with Crippen LogP contribution in [-0.4, -0.2) is 77.9 Å². The van der Waals surface area contributed by atoms with E-state index in [2.05, 4.69) is 33.0 Å². The molecule has 2 aromatic rings. The maximum atomic E-state index is 14.3. The number of piperazine rings is 1. The fourth-order valence-electron chi connectivity index (χ4n) is 6.88. The monoisotopic (exact) mass is 631 g/mol. The average molecular weight is 632 g/mol. The maximum absolute atomic E-state index is 14.3.